The fourth-order valence-corrected chi connectivity index (χ4v) is 4.74. The molecule has 130 valence electrons. The Morgan fingerprint density at radius 1 is 1.29 bits per heavy atom. The van der Waals surface area contributed by atoms with Crippen LogP contribution >= 0.6 is 11.3 Å². The summed E-state index contributed by atoms with van der Waals surface area (Å²) in [5.74, 6) is -0.241. The molecule has 24 heavy (non-hydrogen) atoms. The van der Waals surface area contributed by atoms with E-state index in [0.717, 1.165) is 15.8 Å². The molecule has 3 rings (SSSR count). The van der Waals surface area contributed by atoms with Gasteiger partial charge in [-0.2, -0.15) is 0 Å². The Hall–Kier alpha value is -1.51. The summed E-state index contributed by atoms with van der Waals surface area (Å²) < 4.78 is 25.5. The third-order valence-corrected chi connectivity index (χ3v) is 6.85. The molecule has 0 aliphatic carbocycles. The third-order valence-electron chi connectivity index (χ3n) is 4.61. The number of hydrogen-bond acceptors (Lipinski definition) is 5. The lowest BCUT2D eigenvalue weighted by Crippen LogP contribution is -2.40. The van der Waals surface area contributed by atoms with Gasteiger partial charge < -0.3 is 5.32 Å². The lowest BCUT2D eigenvalue weighted by atomic mass is 9.97. The zero-order valence-electron chi connectivity index (χ0n) is 14.0. The molecule has 1 amide bonds. The molecule has 8 heteroatoms. The Balaban J connectivity index is 1.69. The lowest BCUT2D eigenvalue weighted by Gasteiger charge is -2.29. The summed E-state index contributed by atoms with van der Waals surface area (Å²) in [6, 6.07) is 4.08. The van der Waals surface area contributed by atoms with Crippen LogP contribution in [0, 0.1) is 19.8 Å². The first-order valence-electron chi connectivity index (χ1n) is 7.88. The molecule has 1 N–H and O–H groups in total. The van der Waals surface area contributed by atoms with Crippen LogP contribution in [0.1, 0.15) is 24.0 Å². The smallest absolute Gasteiger partial charge is 0.229 e. The Labute approximate surface area is 145 Å². The van der Waals surface area contributed by atoms with Gasteiger partial charge in [0, 0.05) is 19.0 Å². The van der Waals surface area contributed by atoms with Gasteiger partial charge in [-0.05, 0) is 43.9 Å². The van der Waals surface area contributed by atoms with Crippen LogP contribution in [-0.2, 0) is 14.8 Å². The molecule has 0 atom stereocenters. The molecule has 1 aromatic carbocycles. The minimum absolute atomic E-state index is 0.0726. The number of amides is 1. The molecule has 6 nitrogen and oxygen atoms in total. The Morgan fingerprint density at radius 3 is 2.58 bits per heavy atom. The first-order chi connectivity index (χ1) is 11.3. The SMILES string of the molecule is Cc1ccc2sc(NC(=O)C3CCN(S(C)(=O)=O)CC3)nc2c1C. The Kier molecular flexibility index (Phi) is 4.63. The summed E-state index contributed by atoms with van der Waals surface area (Å²) in [7, 11) is -3.17. The van der Waals surface area contributed by atoms with Gasteiger partial charge in [0.05, 0.1) is 16.5 Å². The van der Waals surface area contributed by atoms with E-state index >= 15 is 0 Å². The molecule has 0 unspecified atom stereocenters. The van der Waals surface area contributed by atoms with Crippen LogP contribution in [0.3, 0.4) is 0 Å². The molecule has 1 aliphatic rings. The van der Waals surface area contributed by atoms with Crippen molar-refractivity contribution in [1.29, 1.82) is 0 Å². The van der Waals surface area contributed by atoms with E-state index in [4.69, 9.17) is 0 Å². The second-order valence-electron chi connectivity index (χ2n) is 6.30. The van der Waals surface area contributed by atoms with Crippen molar-refractivity contribution < 1.29 is 13.2 Å². The maximum atomic E-state index is 12.4. The highest BCUT2D eigenvalue weighted by molar-refractivity contribution is 7.88. The van der Waals surface area contributed by atoms with E-state index in [2.05, 4.69) is 16.4 Å². The van der Waals surface area contributed by atoms with Gasteiger partial charge in [0.25, 0.3) is 0 Å². The zero-order chi connectivity index (χ0) is 17.5. The molecule has 2 aromatic rings. The monoisotopic (exact) mass is 367 g/mol. The van der Waals surface area contributed by atoms with Crippen LogP contribution in [0.25, 0.3) is 10.2 Å². The number of aryl methyl sites for hydroxylation is 2. The number of carbonyl (C=O) groups is 1. The minimum Gasteiger partial charge on any atom is -0.302 e. The minimum atomic E-state index is -3.17. The Morgan fingerprint density at radius 2 is 1.96 bits per heavy atom. The quantitative estimate of drug-likeness (QED) is 0.904. The first-order valence-corrected chi connectivity index (χ1v) is 10.5. The highest BCUT2D eigenvalue weighted by atomic mass is 32.2. The van der Waals surface area contributed by atoms with E-state index in [1.807, 2.05) is 19.9 Å². The molecule has 0 bridgehead atoms. The van der Waals surface area contributed by atoms with Crippen molar-refractivity contribution in [3.63, 3.8) is 0 Å². The average molecular weight is 367 g/mol. The normalized spacial score (nSPS) is 17.3. The number of thiazole rings is 1. The van der Waals surface area contributed by atoms with E-state index < -0.39 is 10.0 Å². The van der Waals surface area contributed by atoms with Crippen molar-refractivity contribution in [3.05, 3.63) is 23.3 Å². The van der Waals surface area contributed by atoms with Gasteiger partial charge in [-0.15, -0.1) is 0 Å². The molecule has 1 saturated heterocycles. The molecular weight excluding hydrogens is 346 g/mol. The largest absolute Gasteiger partial charge is 0.302 e. The second kappa shape index (κ2) is 6.42. The maximum absolute atomic E-state index is 12.4. The number of nitrogens with zero attached hydrogens (tertiary/aromatic N) is 2. The summed E-state index contributed by atoms with van der Waals surface area (Å²) in [5.41, 5.74) is 3.24. The fraction of sp³-hybridized carbons (Fsp3) is 0.500. The second-order valence-corrected chi connectivity index (χ2v) is 9.31. The number of rotatable bonds is 3. The predicted octanol–water partition coefficient (Wildman–Crippen LogP) is 2.52. The van der Waals surface area contributed by atoms with Crippen LogP contribution in [0.2, 0.25) is 0 Å². The van der Waals surface area contributed by atoms with Crippen molar-refractivity contribution in [2.45, 2.75) is 26.7 Å². The van der Waals surface area contributed by atoms with Gasteiger partial charge in [0.2, 0.25) is 15.9 Å². The van der Waals surface area contributed by atoms with Crippen molar-refractivity contribution in [2.75, 3.05) is 24.7 Å². The standard InChI is InChI=1S/C16H21N3O3S2/c1-10-4-5-13-14(11(10)2)17-16(23-13)18-15(20)12-6-8-19(9-7-12)24(3,21)22/h4-5,12H,6-9H2,1-3H3,(H,17,18,20). The summed E-state index contributed by atoms with van der Waals surface area (Å²) >= 11 is 1.47. The van der Waals surface area contributed by atoms with Crippen molar-refractivity contribution in [2.24, 2.45) is 5.92 Å². The van der Waals surface area contributed by atoms with Crippen LogP contribution in [0.5, 0.6) is 0 Å². The predicted molar refractivity (Wildman–Crippen MR) is 96.9 cm³/mol. The molecular formula is C16H21N3O3S2. The molecule has 1 aliphatic heterocycles. The fourth-order valence-electron chi connectivity index (χ4n) is 2.94. The van der Waals surface area contributed by atoms with E-state index in [0.29, 0.717) is 31.1 Å². The number of sulfonamides is 1. The van der Waals surface area contributed by atoms with Crippen LogP contribution in [0.15, 0.2) is 12.1 Å². The molecule has 0 spiro atoms. The molecule has 1 aromatic heterocycles. The first kappa shape index (κ1) is 17.3. The van der Waals surface area contributed by atoms with Gasteiger partial charge in [-0.3, -0.25) is 4.79 Å². The summed E-state index contributed by atoms with van der Waals surface area (Å²) in [6.07, 6.45) is 2.29. The number of piperidine rings is 1. The Bertz CT molecular complexity index is 881. The van der Waals surface area contributed by atoms with Crippen molar-refractivity contribution >= 4 is 42.6 Å². The molecule has 0 saturated carbocycles. The van der Waals surface area contributed by atoms with Gasteiger partial charge in [0.15, 0.2) is 5.13 Å². The van der Waals surface area contributed by atoms with E-state index in [1.54, 1.807) is 0 Å². The topological polar surface area (TPSA) is 79.4 Å². The van der Waals surface area contributed by atoms with Gasteiger partial charge in [0.1, 0.15) is 0 Å². The van der Waals surface area contributed by atoms with Gasteiger partial charge in [-0.1, -0.05) is 17.4 Å². The van der Waals surface area contributed by atoms with Crippen LogP contribution in [0.4, 0.5) is 5.13 Å². The third kappa shape index (κ3) is 3.45. The van der Waals surface area contributed by atoms with Crippen LogP contribution < -0.4 is 5.32 Å². The summed E-state index contributed by atoms with van der Waals surface area (Å²) in [4.78, 5) is 17.0. The number of hydrogen-bond donors (Lipinski definition) is 1. The number of anilines is 1. The van der Waals surface area contributed by atoms with Crippen molar-refractivity contribution in [1.82, 2.24) is 9.29 Å². The number of benzene rings is 1. The van der Waals surface area contributed by atoms with Crippen LogP contribution in [-0.4, -0.2) is 43.0 Å². The van der Waals surface area contributed by atoms with E-state index in [9.17, 15) is 13.2 Å². The summed E-state index contributed by atoms with van der Waals surface area (Å²) in [6.45, 7) is 4.87. The van der Waals surface area contributed by atoms with Crippen molar-refractivity contribution in [3.8, 4) is 0 Å². The van der Waals surface area contributed by atoms with E-state index in [1.165, 1.54) is 27.5 Å². The van der Waals surface area contributed by atoms with E-state index in [-0.39, 0.29) is 11.8 Å². The number of nitrogens with one attached hydrogen (secondary N) is 1. The van der Waals surface area contributed by atoms with Gasteiger partial charge in [-0.25, -0.2) is 17.7 Å². The van der Waals surface area contributed by atoms with Gasteiger partial charge >= 0.3 is 0 Å². The number of carbonyl (C=O) groups excluding carboxylic acids is 1. The lowest BCUT2D eigenvalue weighted by molar-refractivity contribution is -0.120. The average Bonchev–Trinajstić information content (AvgIpc) is 2.94. The number of aromatic nitrogens is 1. The number of fused-ring (bicyclic) bond motifs is 1. The molecule has 1 fully saturated rings. The highest BCUT2D eigenvalue weighted by Crippen LogP contribution is 2.30. The highest BCUT2D eigenvalue weighted by Gasteiger charge is 2.29. The summed E-state index contributed by atoms with van der Waals surface area (Å²) in [5, 5.41) is 3.51. The molecule has 0 radical (unpaired) electrons. The molecule has 2 heterocycles. The zero-order valence-corrected chi connectivity index (χ0v) is 15.6. The maximum Gasteiger partial charge on any atom is 0.229 e.